The molecule has 2 saturated heterocycles. The van der Waals surface area contributed by atoms with Crippen LogP contribution in [0.25, 0.3) is 0 Å². The SMILES string of the molecule is CC[C@H](C)C(=S)NCC1CN(c2ccc(N3CCN(S(N)(=O)=O)CC3)c(F)c2)C(=O)O1. The minimum atomic E-state index is -3.75. The molecular weight excluding hydrogens is 445 g/mol. The second-order valence-corrected chi connectivity index (χ2v) is 9.72. The van der Waals surface area contributed by atoms with Gasteiger partial charge in [0.1, 0.15) is 11.9 Å². The molecule has 0 saturated carbocycles. The molecule has 2 aliphatic heterocycles. The highest BCUT2D eigenvalue weighted by atomic mass is 32.2. The Labute approximate surface area is 187 Å². The standard InChI is InChI=1S/C19H28FN5O4S2/c1-3-13(2)18(30)22-11-15-12-25(19(26)29-15)14-4-5-17(16(20)10-14)23-6-8-24(9-7-23)31(21,27)28/h4-5,10,13,15H,3,6-9,11-12H2,1-2H3,(H,22,30)(H2,21,27,28)/t13-,15?/m0/s1. The molecule has 2 aliphatic rings. The number of hydrogen-bond acceptors (Lipinski definition) is 6. The second kappa shape index (κ2) is 9.63. The molecule has 0 bridgehead atoms. The van der Waals surface area contributed by atoms with Crippen LogP contribution in [0.3, 0.4) is 0 Å². The van der Waals surface area contributed by atoms with Gasteiger partial charge >= 0.3 is 6.09 Å². The molecule has 1 aromatic rings. The Morgan fingerprint density at radius 3 is 2.61 bits per heavy atom. The molecule has 172 valence electrons. The van der Waals surface area contributed by atoms with Gasteiger partial charge in [-0.3, -0.25) is 4.90 Å². The highest BCUT2D eigenvalue weighted by molar-refractivity contribution is 7.86. The lowest BCUT2D eigenvalue weighted by molar-refractivity contribution is 0.142. The number of piperazine rings is 1. The number of nitrogens with zero attached hydrogens (tertiary/aromatic N) is 3. The van der Waals surface area contributed by atoms with E-state index in [1.807, 2.05) is 13.8 Å². The van der Waals surface area contributed by atoms with Crippen LogP contribution >= 0.6 is 12.2 Å². The Morgan fingerprint density at radius 2 is 2.03 bits per heavy atom. The van der Waals surface area contributed by atoms with E-state index in [1.165, 1.54) is 11.0 Å². The fourth-order valence-electron chi connectivity index (χ4n) is 3.52. The van der Waals surface area contributed by atoms with E-state index in [0.717, 1.165) is 15.7 Å². The van der Waals surface area contributed by atoms with Gasteiger partial charge in [-0.05, 0) is 24.6 Å². The first-order valence-corrected chi connectivity index (χ1v) is 12.1. The molecular formula is C19H28FN5O4S2. The number of rotatable bonds is 7. The van der Waals surface area contributed by atoms with Crippen LogP contribution in [-0.4, -0.2) is 69.2 Å². The van der Waals surface area contributed by atoms with Crippen LogP contribution in [0.2, 0.25) is 0 Å². The molecule has 0 spiro atoms. The van der Waals surface area contributed by atoms with Gasteiger partial charge in [-0.25, -0.2) is 14.3 Å². The molecule has 31 heavy (non-hydrogen) atoms. The third-order valence-corrected chi connectivity index (χ3v) is 7.25. The lowest BCUT2D eigenvalue weighted by Gasteiger charge is -2.34. The van der Waals surface area contributed by atoms with Gasteiger partial charge < -0.3 is 15.0 Å². The number of nitrogens with one attached hydrogen (secondary N) is 1. The number of ether oxygens (including phenoxy) is 1. The molecule has 1 unspecified atom stereocenters. The van der Waals surface area contributed by atoms with E-state index in [2.05, 4.69) is 5.32 Å². The van der Waals surface area contributed by atoms with Crippen LogP contribution in [0.15, 0.2) is 18.2 Å². The van der Waals surface area contributed by atoms with Gasteiger partial charge in [0.05, 0.1) is 29.5 Å². The summed E-state index contributed by atoms with van der Waals surface area (Å²) in [6.45, 7) is 5.79. The van der Waals surface area contributed by atoms with Crippen molar-refractivity contribution in [2.75, 3.05) is 49.1 Å². The minimum absolute atomic E-state index is 0.186. The first-order chi connectivity index (χ1) is 14.6. The quantitative estimate of drug-likeness (QED) is 0.577. The zero-order chi connectivity index (χ0) is 22.8. The summed E-state index contributed by atoms with van der Waals surface area (Å²) in [5.74, 6) is -0.245. The zero-order valence-corrected chi connectivity index (χ0v) is 19.2. The molecule has 1 amide bonds. The summed E-state index contributed by atoms with van der Waals surface area (Å²) in [6.07, 6.45) is 0.00389. The van der Waals surface area contributed by atoms with E-state index >= 15 is 0 Å². The maximum atomic E-state index is 14.8. The maximum absolute atomic E-state index is 14.8. The van der Waals surface area contributed by atoms with Gasteiger partial charge in [0.25, 0.3) is 10.2 Å². The van der Waals surface area contributed by atoms with Crippen molar-refractivity contribution < 1.29 is 22.3 Å². The molecule has 1 aromatic carbocycles. The number of carbonyl (C=O) groups excluding carboxylic acids is 1. The average molecular weight is 474 g/mol. The van der Waals surface area contributed by atoms with E-state index in [4.69, 9.17) is 22.1 Å². The van der Waals surface area contributed by atoms with Crippen molar-refractivity contribution in [1.29, 1.82) is 0 Å². The van der Waals surface area contributed by atoms with E-state index in [0.29, 0.717) is 37.6 Å². The molecule has 0 aliphatic carbocycles. The number of hydrogen-bond donors (Lipinski definition) is 2. The maximum Gasteiger partial charge on any atom is 0.414 e. The molecule has 3 N–H and O–H groups in total. The van der Waals surface area contributed by atoms with Crippen molar-refractivity contribution in [2.45, 2.75) is 26.4 Å². The Bertz CT molecular complexity index is 937. The van der Waals surface area contributed by atoms with Crippen molar-refractivity contribution in [3.63, 3.8) is 0 Å². The summed E-state index contributed by atoms with van der Waals surface area (Å²) in [4.78, 5) is 16.2. The molecule has 3 rings (SSSR count). The topological polar surface area (TPSA) is 108 Å². The predicted octanol–water partition coefficient (Wildman–Crippen LogP) is 1.44. The highest BCUT2D eigenvalue weighted by Gasteiger charge is 2.33. The normalized spacial score (nSPS) is 21.2. The first kappa shape index (κ1) is 23.6. The van der Waals surface area contributed by atoms with Crippen molar-refractivity contribution >= 4 is 44.9 Å². The molecule has 0 aromatic heterocycles. The summed E-state index contributed by atoms with van der Waals surface area (Å²) in [6, 6.07) is 4.54. The van der Waals surface area contributed by atoms with E-state index in [-0.39, 0.29) is 25.1 Å². The van der Waals surface area contributed by atoms with Gasteiger partial charge in [0.15, 0.2) is 0 Å². The Balaban J connectivity index is 1.61. The monoisotopic (exact) mass is 473 g/mol. The molecule has 9 nitrogen and oxygen atoms in total. The fourth-order valence-corrected chi connectivity index (χ4v) is 4.44. The van der Waals surface area contributed by atoms with Crippen molar-refractivity contribution in [3.8, 4) is 0 Å². The zero-order valence-electron chi connectivity index (χ0n) is 17.6. The lowest BCUT2D eigenvalue weighted by Crippen LogP contribution is -2.50. The van der Waals surface area contributed by atoms with Crippen LogP contribution in [0.5, 0.6) is 0 Å². The number of thiocarbonyl (C=S) groups is 1. The number of anilines is 2. The van der Waals surface area contributed by atoms with Gasteiger partial charge in [-0.1, -0.05) is 26.1 Å². The molecule has 0 radical (unpaired) electrons. The van der Waals surface area contributed by atoms with Crippen molar-refractivity contribution in [1.82, 2.24) is 9.62 Å². The Kier molecular flexibility index (Phi) is 7.35. The van der Waals surface area contributed by atoms with E-state index in [1.54, 1.807) is 17.0 Å². The van der Waals surface area contributed by atoms with Gasteiger partial charge in [0, 0.05) is 32.1 Å². The molecule has 2 fully saturated rings. The third-order valence-electron chi connectivity index (χ3n) is 5.62. The van der Waals surface area contributed by atoms with Gasteiger partial charge in [0.2, 0.25) is 0 Å². The molecule has 12 heteroatoms. The number of amides is 1. The van der Waals surface area contributed by atoms with E-state index < -0.39 is 22.1 Å². The first-order valence-electron chi connectivity index (χ1n) is 10.2. The van der Waals surface area contributed by atoms with Gasteiger partial charge in [-0.2, -0.15) is 12.7 Å². The number of nitrogens with two attached hydrogens (primary N) is 1. The average Bonchev–Trinajstić information content (AvgIpc) is 3.11. The highest BCUT2D eigenvalue weighted by Crippen LogP contribution is 2.28. The van der Waals surface area contributed by atoms with Crippen LogP contribution < -0.4 is 20.3 Å². The number of benzene rings is 1. The van der Waals surface area contributed by atoms with Crippen LogP contribution in [0.1, 0.15) is 20.3 Å². The second-order valence-electron chi connectivity index (χ2n) is 7.74. The smallest absolute Gasteiger partial charge is 0.414 e. The van der Waals surface area contributed by atoms with Crippen molar-refractivity contribution in [3.05, 3.63) is 24.0 Å². The van der Waals surface area contributed by atoms with Crippen molar-refractivity contribution in [2.24, 2.45) is 11.1 Å². The predicted molar refractivity (Wildman–Crippen MR) is 121 cm³/mol. The number of cyclic esters (lactones) is 1. The summed E-state index contributed by atoms with van der Waals surface area (Å²) in [7, 11) is -3.75. The summed E-state index contributed by atoms with van der Waals surface area (Å²) in [5, 5.41) is 8.28. The van der Waals surface area contributed by atoms with Gasteiger partial charge in [-0.15, -0.1) is 0 Å². The van der Waals surface area contributed by atoms with Crippen LogP contribution in [-0.2, 0) is 14.9 Å². The number of carbonyl (C=O) groups is 1. The third kappa shape index (κ3) is 5.62. The lowest BCUT2D eigenvalue weighted by atomic mass is 10.1. The summed E-state index contributed by atoms with van der Waals surface area (Å²) in [5.41, 5.74) is 0.754. The minimum Gasteiger partial charge on any atom is -0.442 e. The fraction of sp³-hybridized carbons (Fsp3) is 0.579. The summed E-state index contributed by atoms with van der Waals surface area (Å²) < 4.78 is 44.2. The largest absolute Gasteiger partial charge is 0.442 e. The Hall–Kier alpha value is -2.02. The van der Waals surface area contributed by atoms with E-state index in [9.17, 15) is 17.6 Å². The number of halogens is 1. The molecule has 2 atom stereocenters. The summed E-state index contributed by atoms with van der Waals surface area (Å²) >= 11 is 5.32. The van der Waals surface area contributed by atoms with Crippen LogP contribution in [0, 0.1) is 11.7 Å². The molecule has 2 heterocycles. The van der Waals surface area contributed by atoms with Crippen LogP contribution in [0.4, 0.5) is 20.6 Å². The Morgan fingerprint density at radius 1 is 1.35 bits per heavy atom.